The van der Waals surface area contributed by atoms with Crippen LogP contribution in [-0.4, -0.2) is 52.8 Å². The van der Waals surface area contributed by atoms with Gasteiger partial charge in [-0.1, -0.05) is 64.1 Å². The van der Waals surface area contributed by atoms with Gasteiger partial charge >= 0.3 is 0 Å². The van der Waals surface area contributed by atoms with E-state index < -0.39 is 0 Å². The fourth-order valence-electron chi connectivity index (χ4n) is 6.22. The second kappa shape index (κ2) is 16.4. The summed E-state index contributed by atoms with van der Waals surface area (Å²) in [6.45, 7) is 3.16. The molecular formula is C42H48N4S2+2. The van der Waals surface area contributed by atoms with Crippen LogP contribution in [0.1, 0.15) is 28.8 Å². The lowest BCUT2D eigenvalue weighted by atomic mass is 9.91. The predicted molar refractivity (Wildman–Crippen MR) is 213 cm³/mol. The van der Waals surface area contributed by atoms with Crippen molar-refractivity contribution in [1.29, 1.82) is 0 Å². The molecule has 3 aromatic carbocycles. The molecule has 6 rings (SSSR count). The topological polar surface area (TPSA) is 14.8 Å². The van der Waals surface area contributed by atoms with Crippen molar-refractivity contribution in [2.45, 2.75) is 19.4 Å². The van der Waals surface area contributed by atoms with Crippen molar-refractivity contribution >= 4 is 62.0 Å². The van der Waals surface area contributed by atoms with Crippen LogP contribution in [0.15, 0.2) is 121 Å². The molecule has 1 atom stereocenters. The minimum absolute atomic E-state index is 1.00. The number of quaternary nitrogens is 1. The highest BCUT2D eigenvalue weighted by molar-refractivity contribution is 8.76. The van der Waals surface area contributed by atoms with E-state index in [9.17, 15) is 0 Å². The fourth-order valence-corrected chi connectivity index (χ4v) is 8.24. The van der Waals surface area contributed by atoms with Gasteiger partial charge in [-0.15, -0.1) is 0 Å². The van der Waals surface area contributed by atoms with E-state index in [0.717, 1.165) is 44.0 Å². The number of anilines is 2. The van der Waals surface area contributed by atoms with Crippen molar-refractivity contribution in [3.8, 4) is 0 Å². The summed E-state index contributed by atoms with van der Waals surface area (Å²) in [5.41, 5.74) is 10.6. The number of hydrogen-bond acceptors (Lipinski definition) is 4. The molecular weight excluding hydrogens is 625 g/mol. The van der Waals surface area contributed by atoms with Gasteiger partial charge in [0.15, 0.2) is 12.7 Å². The van der Waals surface area contributed by atoms with Gasteiger partial charge in [0.25, 0.3) is 0 Å². The van der Waals surface area contributed by atoms with Crippen LogP contribution < -0.4 is 19.3 Å². The smallest absolute Gasteiger partial charge is 0.205 e. The van der Waals surface area contributed by atoms with E-state index in [4.69, 9.17) is 0 Å². The van der Waals surface area contributed by atoms with Gasteiger partial charge in [-0.2, -0.15) is 4.57 Å². The second-order valence-corrected chi connectivity index (χ2v) is 15.6. The molecule has 0 radical (unpaired) electrons. The van der Waals surface area contributed by atoms with Crippen LogP contribution in [0.25, 0.3) is 29.0 Å². The zero-order chi connectivity index (χ0) is 33.3. The number of nitrogens with zero attached hydrogens (tertiary/aromatic N) is 3. The number of aromatic nitrogens is 1. The first-order valence-corrected chi connectivity index (χ1v) is 19.4. The SMILES string of the molecule is CN(C)c1ccc2c(c1)CCC(/C=C/c1cccc[n+]1CCSSCC[NH+]1CC=CC=C1/C=C/c1ccc3cc(N(C)C)ccc3c1)=C2. The molecule has 4 nitrogen and oxygen atoms in total. The zero-order valence-electron chi connectivity index (χ0n) is 28.7. The molecule has 0 spiro atoms. The molecule has 1 N–H and O–H groups in total. The molecule has 246 valence electrons. The first kappa shape index (κ1) is 33.9. The molecule has 2 aliphatic rings. The van der Waals surface area contributed by atoms with Crippen LogP contribution in [0.4, 0.5) is 11.4 Å². The molecule has 6 heteroatoms. The van der Waals surface area contributed by atoms with Gasteiger partial charge in [-0.3, -0.25) is 4.90 Å². The van der Waals surface area contributed by atoms with Crippen molar-refractivity contribution in [2.75, 3.05) is 62.6 Å². The lowest BCUT2D eigenvalue weighted by Crippen LogP contribution is -3.10. The number of pyridine rings is 1. The van der Waals surface area contributed by atoms with Gasteiger partial charge < -0.3 is 9.80 Å². The summed E-state index contributed by atoms with van der Waals surface area (Å²) in [5, 5.41) is 2.56. The van der Waals surface area contributed by atoms with Gasteiger partial charge in [0.2, 0.25) is 5.69 Å². The Balaban J connectivity index is 0.969. The molecule has 0 fully saturated rings. The molecule has 1 aliphatic heterocycles. The average Bonchev–Trinajstić information content (AvgIpc) is 3.11. The Morgan fingerprint density at radius 2 is 1.56 bits per heavy atom. The van der Waals surface area contributed by atoms with Crippen LogP contribution in [0.5, 0.6) is 0 Å². The highest BCUT2D eigenvalue weighted by atomic mass is 33.1. The van der Waals surface area contributed by atoms with Crippen molar-refractivity contribution in [2.24, 2.45) is 0 Å². The van der Waals surface area contributed by atoms with Gasteiger partial charge in [-0.05, 0) is 107 Å². The Hall–Kier alpha value is -3.97. The van der Waals surface area contributed by atoms with E-state index >= 15 is 0 Å². The minimum atomic E-state index is 1.00. The normalized spacial score (nSPS) is 16.0. The van der Waals surface area contributed by atoms with Crippen molar-refractivity contribution < 1.29 is 9.47 Å². The van der Waals surface area contributed by atoms with Gasteiger partial charge in [0.1, 0.15) is 12.2 Å². The molecule has 48 heavy (non-hydrogen) atoms. The van der Waals surface area contributed by atoms with Crippen LogP contribution >= 0.6 is 21.6 Å². The molecule has 0 saturated heterocycles. The number of hydrogen-bond donors (Lipinski definition) is 1. The summed E-state index contributed by atoms with van der Waals surface area (Å²) in [7, 11) is 12.4. The quantitative estimate of drug-likeness (QED) is 0.0888. The number of nitrogens with one attached hydrogen (secondary N) is 1. The first-order chi connectivity index (χ1) is 23.4. The number of fused-ring (bicyclic) bond motifs is 2. The molecule has 1 aromatic heterocycles. The lowest BCUT2D eigenvalue weighted by Gasteiger charge is -2.20. The summed E-state index contributed by atoms with van der Waals surface area (Å²) >= 11 is 0. The number of allylic oxidation sites excluding steroid dienone is 5. The Labute approximate surface area is 295 Å². The highest BCUT2D eigenvalue weighted by Crippen LogP contribution is 2.28. The molecule has 1 unspecified atom stereocenters. The van der Waals surface area contributed by atoms with E-state index in [0.29, 0.717) is 0 Å². The largest absolute Gasteiger partial charge is 0.378 e. The van der Waals surface area contributed by atoms with E-state index in [-0.39, 0.29) is 0 Å². The van der Waals surface area contributed by atoms with Gasteiger partial charge in [0, 0.05) is 57.8 Å². The third-order valence-electron chi connectivity index (χ3n) is 9.10. The third kappa shape index (κ3) is 8.93. The van der Waals surface area contributed by atoms with Crippen LogP contribution in [-0.2, 0) is 13.0 Å². The van der Waals surface area contributed by atoms with Crippen molar-refractivity contribution in [1.82, 2.24) is 0 Å². The van der Waals surface area contributed by atoms with E-state index in [2.05, 4.69) is 170 Å². The maximum absolute atomic E-state index is 2.38. The molecule has 4 aromatic rings. The van der Waals surface area contributed by atoms with Crippen LogP contribution in [0, 0.1) is 0 Å². The molecule has 0 saturated carbocycles. The number of benzene rings is 3. The third-order valence-corrected chi connectivity index (χ3v) is 11.5. The maximum atomic E-state index is 2.38. The summed E-state index contributed by atoms with van der Waals surface area (Å²) in [6.07, 6.45) is 22.7. The minimum Gasteiger partial charge on any atom is -0.378 e. The average molecular weight is 673 g/mol. The molecule has 1 aliphatic carbocycles. The van der Waals surface area contributed by atoms with E-state index in [1.165, 1.54) is 60.7 Å². The zero-order valence-corrected chi connectivity index (χ0v) is 30.4. The second-order valence-electron chi connectivity index (χ2n) is 12.9. The van der Waals surface area contributed by atoms with E-state index in [1.807, 2.05) is 21.6 Å². The van der Waals surface area contributed by atoms with Gasteiger partial charge in [0.05, 0.1) is 18.1 Å². The Morgan fingerprint density at radius 1 is 0.771 bits per heavy atom. The Bertz CT molecular complexity index is 1880. The number of aryl methyl sites for hydroxylation is 2. The van der Waals surface area contributed by atoms with E-state index in [1.54, 1.807) is 0 Å². The van der Waals surface area contributed by atoms with Crippen LogP contribution in [0.2, 0.25) is 0 Å². The fraction of sp³-hybridized carbons (Fsp3) is 0.262. The van der Waals surface area contributed by atoms with Crippen LogP contribution in [0.3, 0.4) is 0 Å². The Kier molecular flexibility index (Phi) is 11.6. The summed E-state index contributed by atoms with van der Waals surface area (Å²) in [5.74, 6) is 2.21. The maximum Gasteiger partial charge on any atom is 0.205 e. The standard InChI is InChI=1S/C42H47N4S2/c1-43(2)41-21-17-35-29-33(11-15-37(35)31-41)13-19-39-9-5-7-23-45(39)25-27-47-48-28-26-46-24-8-6-10-40(46)20-14-34-12-16-38-32-42(44(3)4)22-18-36(38)30-34/h5-11,13-15,17-22,24,29-32H,12,16,23,25-28H2,1-4H3/q+1/p+1/b19-13+. The van der Waals surface area contributed by atoms with Gasteiger partial charge in [-0.25, -0.2) is 0 Å². The molecule has 2 heterocycles. The van der Waals surface area contributed by atoms with Crippen molar-refractivity contribution in [3.05, 3.63) is 143 Å². The molecule has 0 bridgehead atoms. The highest BCUT2D eigenvalue weighted by Gasteiger charge is 2.15. The summed E-state index contributed by atoms with van der Waals surface area (Å²) in [6, 6.07) is 26.7. The summed E-state index contributed by atoms with van der Waals surface area (Å²) in [4.78, 5) is 5.86. The Morgan fingerprint density at radius 3 is 2.44 bits per heavy atom. The number of rotatable bonds is 13. The lowest BCUT2D eigenvalue weighted by molar-refractivity contribution is -0.849. The monoisotopic (exact) mass is 672 g/mol. The molecule has 0 amide bonds. The summed E-state index contributed by atoms with van der Waals surface area (Å²) < 4.78 is 2.38. The first-order valence-electron chi connectivity index (χ1n) is 17.0. The predicted octanol–water partition coefficient (Wildman–Crippen LogP) is 7.74. The van der Waals surface area contributed by atoms with Crippen molar-refractivity contribution in [3.63, 3.8) is 0 Å².